The number of hydrogen-bond donors (Lipinski definition) is 2. The summed E-state index contributed by atoms with van der Waals surface area (Å²) in [5.74, 6) is 0. The lowest BCUT2D eigenvalue weighted by atomic mass is 10.2. The lowest BCUT2D eigenvalue weighted by Crippen LogP contribution is -1.99. The maximum Gasteiger partial charge on any atom is 0.100 e. The molecule has 0 aromatic carbocycles. The monoisotopic (exact) mass is 154 g/mol. The van der Waals surface area contributed by atoms with Gasteiger partial charge in [-0.1, -0.05) is 11.8 Å². The molecule has 0 aliphatic carbocycles. The molecule has 0 bridgehead atoms. The number of hydrogen-bond acceptors (Lipinski definition) is 3. The van der Waals surface area contributed by atoms with Crippen molar-refractivity contribution in [2.45, 2.75) is 13.8 Å². The second-order valence-electron chi connectivity index (χ2n) is 2.28. The standard InChI is InChI=1S/C7H10N2S/c1-4-3-6(5(2)8)7(9)10-4/h3,9H,8H2,1-2H3/b6-5-,9-7?. The minimum absolute atomic E-state index is 0.567. The molecule has 1 rings (SSSR count). The Kier molecular flexibility index (Phi) is 1.85. The molecule has 0 unspecified atom stereocenters. The molecule has 0 aromatic heterocycles. The van der Waals surface area contributed by atoms with Gasteiger partial charge in [0.05, 0.1) is 0 Å². The quantitative estimate of drug-likeness (QED) is 0.559. The van der Waals surface area contributed by atoms with Crippen LogP contribution in [-0.4, -0.2) is 5.04 Å². The van der Waals surface area contributed by atoms with Crippen LogP contribution in [0.3, 0.4) is 0 Å². The van der Waals surface area contributed by atoms with Crippen LogP contribution in [-0.2, 0) is 0 Å². The summed E-state index contributed by atoms with van der Waals surface area (Å²) in [6.07, 6.45) is 1.95. The van der Waals surface area contributed by atoms with E-state index >= 15 is 0 Å². The highest BCUT2D eigenvalue weighted by molar-refractivity contribution is 8.18. The predicted octanol–water partition coefficient (Wildman–Crippen LogP) is 1.85. The fourth-order valence-corrected chi connectivity index (χ4v) is 1.64. The number of nitrogens with one attached hydrogen (secondary N) is 1. The van der Waals surface area contributed by atoms with E-state index in [1.807, 2.05) is 19.9 Å². The molecule has 0 saturated heterocycles. The molecular formula is C7H10N2S. The average molecular weight is 154 g/mol. The third-order valence-electron chi connectivity index (χ3n) is 1.28. The van der Waals surface area contributed by atoms with Gasteiger partial charge in [-0.05, 0) is 24.8 Å². The first-order chi connectivity index (χ1) is 4.61. The van der Waals surface area contributed by atoms with Gasteiger partial charge in [0, 0.05) is 11.3 Å². The average Bonchev–Trinajstić information content (AvgIpc) is 2.10. The van der Waals surface area contributed by atoms with Gasteiger partial charge in [-0.25, -0.2) is 0 Å². The van der Waals surface area contributed by atoms with E-state index in [9.17, 15) is 0 Å². The van der Waals surface area contributed by atoms with Gasteiger partial charge in [0.25, 0.3) is 0 Å². The van der Waals surface area contributed by atoms with Gasteiger partial charge in [0.2, 0.25) is 0 Å². The smallest absolute Gasteiger partial charge is 0.100 e. The first-order valence-electron chi connectivity index (χ1n) is 3.02. The highest BCUT2D eigenvalue weighted by Gasteiger charge is 2.13. The maximum absolute atomic E-state index is 7.44. The maximum atomic E-state index is 7.44. The third kappa shape index (κ3) is 1.24. The Balaban J connectivity index is 3.01. The molecule has 1 aliphatic heterocycles. The first-order valence-corrected chi connectivity index (χ1v) is 3.84. The van der Waals surface area contributed by atoms with Gasteiger partial charge < -0.3 is 5.73 Å². The fourth-order valence-electron chi connectivity index (χ4n) is 0.807. The second-order valence-corrected chi connectivity index (χ2v) is 3.54. The van der Waals surface area contributed by atoms with E-state index in [0.717, 1.165) is 16.2 Å². The molecule has 10 heavy (non-hydrogen) atoms. The van der Waals surface area contributed by atoms with Crippen molar-refractivity contribution >= 4 is 16.8 Å². The van der Waals surface area contributed by atoms with Crippen LogP contribution in [0, 0.1) is 5.41 Å². The molecule has 0 aromatic rings. The highest BCUT2D eigenvalue weighted by Crippen LogP contribution is 2.30. The van der Waals surface area contributed by atoms with E-state index in [2.05, 4.69) is 0 Å². The molecule has 0 atom stereocenters. The highest BCUT2D eigenvalue weighted by atomic mass is 32.2. The molecule has 3 heteroatoms. The molecular weight excluding hydrogens is 144 g/mol. The molecule has 1 aliphatic rings. The summed E-state index contributed by atoms with van der Waals surface area (Å²) in [6, 6.07) is 0. The lowest BCUT2D eigenvalue weighted by molar-refractivity contribution is 1.29. The Hall–Kier alpha value is -0.700. The molecule has 2 nitrogen and oxygen atoms in total. The van der Waals surface area contributed by atoms with Crippen LogP contribution in [0.5, 0.6) is 0 Å². The summed E-state index contributed by atoms with van der Waals surface area (Å²) in [4.78, 5) is 1.14. The SMILES string of the molecule is CC1=C/C(=C(\C)N)C(=N)S1. The van der Waals surface area contributed by atoms with E-state index in [4.69, 9.17) is 11.1 Å². The van der Waals surface area contributed by atoms with Gasteiger partial charge in [0.15, 0.2) is 0 Å². The van der Waals surface area contributed by atoms with Crippen LogP contribution in [0.15, 0.2) is 22.3 Å². The lowest BCUT2D eigenvalue weighted by Gasteiger charge is -1.95. The zero-order chi connectivity index (χ0) is 7.72. The minimum Gasteiger partial charge on any atom is -0.402 e. The summed E-state index contributed by atoms with van der Waals surface area (Å²) in [5, 5.41) is 8.01. The first kappa shape index (κ1) is 7.41. The molecule has 0 fully saturated rings. The fraction of sp³-hybridized carbons (Fsp3) is 0.286. The Morgan fingerprint density at radius 3 is 2.50 bits per heavy atom. The Labute approximate surface area is 64.7 Å². The van der Waals surface area contributed by atoms with E-state index in [0.29, 0.717) is 5.04 Å². The van der Waals surface area contributed by atoms with Crippen molar-refractivity contribution < 1.29 is 0 Å². The minimum atomic E-state index is 0.567. The van der Waals surface area contributed by atoms with Crippen LogP contribution in [0.2, 0.25) is 0 Å². The van der Waals surface area contributed by atoms with Gasteiger partial charge >= 0.3 is 0 Å². The molecule has 0 saturated carbocycles. The van der Waals surface area contributed by atoms with Crippen molar-refractivity contribution in [1.29, 1.82) is 5.41 Å². The molecule has 0 amide bonds. The Morgan fingerprint density at radius 1 is 1.70 bits per heavy atom. The van der Waals surface area contributed by atoms with Crippen molar-refractivity contribution in [2.24, 2.45) is 5.73 Å². The zero-order valence-corrected chi connectivity index (χ0v) is 6.88. The van der Waals surface area contributed by atoms with Crippen molar-refractivity contribution in [3.8, 4) is 0 Å². The Morgan fingerprint density at radius 2 is 2.30 bits per heavy atom. The van der Waals surface area contributed by atoms with E-state index in [1.165, 1.54) is 11.8 Å². The summed E-state index contributed by atoms with van der Waals surface area (Å²) in [7, 11) is 0. The number of rotatable bonds is 0. The number of allylic oxidation sites excluding steroid dienone is 3. The largest absolute Gasteiger partial charge is 0.402 e. The predicted molar refractivity (Wildman–Crippen MR) is 46.0 cm³/mol. The third-order valence-corrected chi connectivity index (χ3v) is 2.14. The van der Waals surface area contributed by atoms with E-state index in [-0.39, 0.29) is 0 Å². The number of thioether (sulfide) groups is 1. The second kappa shape index (κ2) is 2.50. The summed E-state index contributed by atoms with van der Waals surface area (Å²) < 4.78 is 0. The van der Waals surface area contributed by atoms with E-state index in [1.54, 1.807) is 0 Å². The van der Waals surface area contributed by atoms with Crippen LogP contribution in [0.4, 0.5) is 0 Å². The van der Waals surface area contributed by atoms with Crippen molar-refractivity contribution in [3.63, 3.8) is 0 Å². The summed E-state index contributed by atoms with van der Waals surface area (Å²) in [6.45, 7) is 3.80. The molecule has 3 N–H and O–H groups in total. The van der Waals surface area contributed by atoms with Gasteiger partial charge in [0.1, 0.15) is 5.04 Å². The van der Waals surface area contributed by atoms with Gasteiger partial charge in [-0.2, -0.15) is 0 Å². The molecule has 54 valence electrons. The van der Waals surface area contributed by atoms with Crippen LogP contribution < -0.4 is 5.73 Å². The van der Waals surface area contributed by atoms with E-state index < -0.39 is 0 Å². The number of nitrogens with two attached hydrogens (primary N) is 1. The van der Waals surface area contributed by atoms with Crippen molar-refractivity contribution in [3.05, 3.63) is 22.3 Å². The summed E-state index contributed by atoms with van der Waals surface area (Å²) >= 11 is 1.46. The normalized spacial score (nSPS) is 23.0. The van der Waals surface area contributed by atoms with Crippen LogP contribution >= 0.6 is 11.8 Å². The topological polar surface area (TPSA) is 49.9 Å². The van der Waals surface area contributed by atoms with Crippen LogP contribution in [0.1, 0.15) is 13.8 Å². The van der Waals surface area contributed by atoms with Crippen molar-refractivity contribution in [1.82, 2.24) is 0 Å². The summed E-state index contributed by atoms with van der Waals surface area (Å²) in [5.41, 5.74) is 7.14. The van der Waals surface area contributed by atoms with Crippen molar-refractivity contribution in [2.75, 3.05) is 0 Å². The van der Waals surface area contributed by atoms with Gasteiger partial charge in [-0.15, -0.1) is 0 Å². The molecule has 0 radical (unpaired) electrons. The molecule has 0 spiro atoms. The van der Waals surface area contributed by atoms with Gasteiger partial charge in [-0.3, -0.25) is 5.41 Å². The Bertz CT molecular complexity index is 234. The zero-order valence-electron chi connectivity index (χ0n) is 6.06. The molecule has 1 heterocycles. The van der Waals surface area contributed by atoms with Crippen LogP contribution in [0.25, 0.3) is 0 Å².